The van der Waals surface area contributed by atoms with Gasteiger partial charge in [-0.25, -0.2) is 8.78 Å². The van der Waals surface area contributed by atoms with E-state index in [9.17, 15) is 8.78 Å². The van der Waals surface area contributed by atoms with Crippen LogP contribution in [0.5, 0.6) is 0 Å². The number of likely N-dealkylation sites (N-methyl/N-ethyl adjacent to an activating group) is 1. The van der Waals surface area contributed by atoms with E-state index in [-0.39, 0.29) is 0 Å². The Bertz CT molecular complexity index is 667. The summed E-state index contributed by atoms with van der Waals surface area (Å²) in [6.07, 6.45) is 7.39. The van der Waals surface area contributed by atoms with Crippen LogP contribution in [0.25, 0.3) is 0 Å². The molecule has 0 radical (unpaired) electrons. The molecule has 0 bridgehead atoms. The second-order valence-corrected chi connectivity index (χ2v) is 8.36. The van der Waals surface area contributed by atoms with Gasteiger partial charge in [0.2, 0.25) is 0 Å². The van der Waals surface area contributed by atoms with Crippen LogP contribution in [0.15, 0.2) is 23.2 Å². The van der Waals surface area contributed by atoms with E-state index in [0.29, 0.717) is 12.6 Å². The highest BCUT2D eigenvalue weighted by atomic mass is 19.2. The molecule has 7 heteroatoms. The fraction of sp³-hybridized carbons (Fsp3) is 0.682. The number of piperidine rings is 1. The summed E-state index contributed by atoms with van der Waals surface area (Å²) in [5.41, 5.74) is 0.819. The van der Waals surface area contributed by atoms with Gasteiger partial charge in [0.15, 0.2) is 17.6 Å². The first-order valence-electron chi connectivity index (χ1n) is 10.9. The Labute approximate surface area is 173 Å². The molecule has 3 rings (SSSR count). The second-order valence-electron chi connectivity index (χ2n) is 8.36. The van der Waals surface area contributed by atoms with Crippen LogP contribution in [-0.2, 0) is 6.54 Å². The van der Waals surface area contributed by atoms with Gasteiger partial charge in [-0.05, 0) is 50.4 Å². The van der Waals surface area contributed by atoms with E-state index in [1.807, 2.05) is 7.05 Å². The fourth-order valence-corrected chi connectivity index (χ4v) is 4.40. The zero-order chi connectivity index (χ0) is 20.6. The van der Waals surface area contributed by atoms with Gasteiger partial charge in [0, 0.05) is 51.9 Å². The van der Waals surface area contributed by atoms with Crippen LogP contribution in [0.1, 0.15) is 44.1 Å². The van der Waals surface area contributed by atoms with Gasteiger partial charge in [0.05, 0.1) is 0 Å². The quantitative estimate of drug-likeness (QED) is 0.539. The van der Waals surface area contributed by atoms with Crippen molar-refractivity contribution < 1.29 is 8.78 Å². The van der Waals surface area contributed by atoms with E-state index < -0.39 is 11.6 Å². The topological polar surface area (TPSA) is 42.9 Å². The van der Waals surface area contributed by atoms with E-state index in [4.69, 9.17) is 0 Å². The van der Waals surface area contributed by atoms with Crippen LogP contribution in [0.4, 0.5) is 8.78 Å². The first-order chi connectivity index (χ1) is 14.0. The molecule has 5 nitrogen and oxygen atoms in total. The summed E-state index contributed by atoms with van der Waals surface area (Å²) in [7, 11) is 4.03. The van der Waals surface area contributed by atoms with Crippen LogP contribution in [0.3, 0.4) is 0 Å². The van der Waals surface area contributed by atoms with Crippen LogP contribution in [0.2, 0.25) is 0 Å². The predicted molar refractivity (Wildman–Crippen MR) is 114 cm³/mol. The predicted octanol–water partition coefficient (Wildman–Crippen LogP) is 2.97. The minimum Gasteiger partial charge on any atom is -0.355 e. The Balaban J connectivity index is 1.35. The highest BCUT2D eigenvalue weighted by molar-refractivity contribution is 5.79. The molecule has 1 heterocycles. The van der Waals surface area contributed by atoms with Gasteiger partial charge in [0.25, 0.3) is 0 Å². The lowest BCUT2D eigenvalue weighted by molar-refractivity contribution is 0.198. The second kappa shape index (κ2) is 10.9. The summed E-state index contributed by atoms with van der Waals surface area (Å²) in [6, 6.07) is 5.30. The van der Waals surface area contributed by atoms with Gasteiger partial charge in [-0.1, -0.05) is 18.9 Å². The largest absolute Gasteiger partial charge is 0.355 e. The van der Waals surface area contributed by atoms with Gasteiger partial charge < -0.3 is 15.5 Å². The smallest absolute Gasteiger partial charge is 0.191 e. The van der Waals surface area contributed by atoms with Crippen molar-refractivity contribution >= 4 is 5.96 Å². The summed E-state index contributed by atoms with van der Waals surface area (Å²) in [4.78, 5) is 9.12. The Morgan fingerprint density at radius 3 is 2.52 bits per heavy atom. The minimum absolute atomic E-state index is 0.384. The number of benzene rings is 1. The Morgan fingerprint density at radius 1 is 1.14 bits per heavy atom. The zero-order valence-electron chi connectivity index (χ0n) is 17.8. The molecule has 1 saturated carbocycles. The molecule has 0 unspecified atom stereocenters. The third-order valence-corrected chi connectivity index (χ3v) is 6.25. The molecule has 1 saturated heterocycles. The Hall–Kier alpha value is -1.73. The van der Waals surface area contributed by atoms with Crippen molar-refractivity contribution in [1.29, 1.82) is 0 Å². The normalized spacial score (nSPS) is 19.8. The average molecular weight is 408 g/mol. The number of hydrogen-bond donors (Lipinski definition) is 2. The molecule has 1 aliphatic heterocycles. The Morgan fingerprint density at radius 2 is 1.86 bits per heavy atom. The van der Waals surface area contributed by atoms with E-state index in [1.54, 1.807) is 6.07 Å². The maximum Gasteiger partial charge on any atom is 0.191 e. The highest BCUT2D eigenvalue weighted by Crippen LogP contribution is 2.21. The van der Waals surface area contributed by atoms with Crippen molar-refractivity contribution in [2.24, 2.45) is 4.99 Å². The van der Waals surface area contributed by atoms with Crippen molar-refractivity contribution in [2.75, 3.05) is 40.3 Å². The van der Waals surface area contributed by atoms with Crippen molar-refractivity contribution in [3.8, 4) is 0 Å². The summed E-state index contributed by atoms with van der Waals surface area (Å²) >= 11 is 0. The van der Waals surface area contributed by atoms with Crippen LogP contribution in [0, 0.1) is 11.6 Å². The molecule has 2 N–H and O–H groups in total. The van der Waals surface area contributed by atoms with Crippen LogP contribution >= 0.6 is 0 Å². The number of rotatable bonds is 7. The van der Waals surface area contributed by atoms with Gasteiger partial charge in [0.1, 0.15) is 0 Å². The van der Waals surface area contributed by atoms with Crippen molar-refractivity contribution in [3.63, 3.8) is 0 Å². The summed E-state index contributed by atoms with van der Waals surface area (Å²) in [5.74, 6) is -0.693. The molecule has 29 heavy (non-hydrogen) atoms. The van der Waals surface area contributed by atoms with Gasteiger partial charge in [-0.2, -0.15) is 0 Å². The lowest BCUT2D eigenvalue weighted by Crippen LogP contribution is -2.49. The number of nitrogens with one attached hydrogen (secondary N) is 2. The monoisotopic (exact) mass is 407 g/mol. The highest BCUT2D eigenvalue weighted by Gasteiger charge is 2.21. The molecule has 0 amide bonds. The van der Waals surface area contributed by atoms with E-state index >= 15 is 0 Å². The molecule has 2 fully saturated rings. The van der Waals surface area contributed by atoms with E-state index in [0.717, 1.165) is 56.6 Å². The molecule has 0 aromatic heterocycles. The summed E-state index contributed by atoms with van der Waals surface area (Å²) < 4.78 is 26.5. The number of guanidine groups is 1. The van der Waals surface area contributed by atoms with Crippen molar-refractivity contribution in [3.05, 3.63) is 35.4 Å². The standard InChI is InChI=1S/C22H35F2N5/c1-25-22(26-11-14-28(2)19-5-3-4-6-19)27-18-9-12-29(13-10-18)16-17-7-8-20(23)21(24)15-17/h7-8,15,18-19H,3-6,9-14,16H2,1-2H3,(H2,25,26,27). The van der Waals surface area contributed by atoms with Crippen LogP contribution < -0.4 is 10.6 Å². The third-order valence-electron chi connectivity index (χ3n) is 6.25. The Kier molecular flexibility index (Phi) is 8.24. The molecule has 1 aliphatic carbocycles. The molecule has 0 spiro atoms. The molecule has 2 aliphatic rings. The zero-order valence-corrected chi connectivity index (χ0v) is 17.8. The average Bonchev–Trinajstić information content (AvgIpc) is 3.26. The number of hydrogen-bond acceptors (Lipinski definition) is 3. The summed E-state index contributed by atoms with van der Waals surface area (Å²) in [6.45, 7) is 4.43. The molecular weight excluding hydrogens is 372 g/mol. The SMILES string of the molecule is CN=C(NCCN(C)C1CCCC1)NC1CCN(Cc2ccc(F)c(F)c2)CC1. The number of likely N-dealkylation sites (tertiary alicyclic amines) is 1. The molecule has 1 aromatic rings. The third kappa shape index (κ3) is 6.64. The summed E-state index contributed by atoms with van der Waals surface area (Å²) in [5, 5.41) is 6.97. The van der Waals surface area contributed by atoms with E-state index in [2.05, 4.69) is 32.5 Å². The van der Waals surface area contributed by atoms with E-state index in [1.165, 1.54) is 37.8 Å². The first-order valence-corrected chi connectivity index (χ1v) is 10.9. The number of nitrogens with zero attached hydrogens (tertiary/aromatic N) is 3. The molecular formula is C22H35F2N5. The molecule has 0 atom stereocenters. The van der Waals surface area contributed by atoms with Gasteiger partial charge in [-0.3, -0.25) is 9.89 Å². The number of halogens is 2. The number of aliphatic imine (C=N–C) groups is 1. The van der Waals surface area contributed by atoms with Crippen LogP contribution in [-0.4, -0.2) is 68.1 Å². The van der Waals surface area contributed by atoms with Crippen molar-refractivity contribution in [1.82, 2.24) is 20.4 Å². The molecule has 162 valence electrons. The maximum absolute atomic E-state index is 13.4. The van der Waals surface area contributed by atoms with Gasteiger partial charge >= 0.3 is 0 Å². The maximum atomic E-state index is 13.4. The lowest BCUT2D eigenvalue weighted by atomic mass is 10.0. The first kappa shape index (κ1) is 22.0. The fourth-order valence-electron chi connectivity index (χ4n) is 4.40. The van der Waals surface area contributed by atoms with Gasteiger partial charge in [-0.15, -0.1) is 0 Å². The van der Waals surface area contributed by atoms with Crippen molar-refractivity contribution in [2.45, 2.75) is 57.2 Å². The lowest BCUT2D eigenvalue weighted by Gasteiger charge is -2.33. The minimum atomic E-state index is -0.787. The molecule has 1 aromatic carbocycles.